The zero-order valence-electron chi connectivity index (χ0n) is 19.1. The Kier molecular flexibility index (Phi) is 6.50. The number of carbonyl (C=O) groups is 2. The Morgan fingerprint density at radius 1 is 0.971 bits per heavy atom. The van der Waals surface area contributed by atoms with Crippen molar-refractivity contribution in [3.63, 3.8) is 0 Å². The minimum atomic E-state index is -0.535. The van der Waals surface area contributed by atoms with E-state index >= 15 is 0 Å². The van der Waals surface area contributed by atoms with Crippen molar-refractivity contribution in [3.05, 3.63) is 58.7 Å². The molecule has 3 aliphatic rings. The molecule has 0 aromatic heterocycles. The first-order chi connectivity index (χ1) is 16.5. The number of nitrogens with one attached hydrogen (secondary N) is 3. The molecule has 2 saturated heterocycles. The Bertz CT molecular complexity index is 1100. The van der Waals surface area contributed by atoms with E-state index in [1.807, 2.05) is 6.07 Å². The summed E-state index contributed by atoms with van der Waals surface area (Å²) in [5.41, 5.74) is 4.34. The van der Waals surface area contributed by atoms with Crippen molar-refractivity contribution >= 4 is 23.2 Å². The van der Waals surface area contributed by atoms with Crippen LogP contribution in [0.2, 0.25) is 0 Å². The summed E-state index contributed by atoms with van der Waals surface area (Å²) in [5, 5.41) is 8.59. The summed E-state index contributed by atoms with van der Waals surface area (Å²) in [6, 6.07) is 7.96. The van der Waals surface area contributed by atoms with Crippen LogP contribution in [-0.2, 0) is 29.0 Å². The predicted molar refractivity (Wildman–Crippen MR) is 127 cm³/mol. The quantitative estimate of drug-likeness (QED) is 0.588. The minimum Gasteiger partial charge on any atom is -0.374 e. The SMILES string of the molecule is O=C1CCC(Nc2ccc(N3CCC(Cc4ccc(F)c5c4CCNC5)CC3)c(F)c2)C(=O)N1. The molecular weight excluding hydrogens is 438 g/mol. The van der Waals surface area contributed by atoms with Crippen LogP contribution in [0.5, 0.6) is 0 Å². The number of imide groups is 1. The van der Waals surface area contributed by atoms with E-state index in [2.05, 4.69) is 20.9 Å². The zero-order valence-corrected chi connectivity index (χ0v) is 19.1. The van der Waals surface area contributed by atoms with Gasteiger partial charge in [-0.05, 0) is 80.0 Å². The molecule has 0 aliphatic carbocycles. The molecule has 34 heavy (non-hydrogen) atoms. The van der Waals surface area contributed by atoms with E-state index in [9.17, 15) is 18.4 Å². The number of nitrogens with zero attached hydrogens (tertiary/aromatic N) is 1. The van der Waals surface area contributed by atoms with Crippen molar-refractivity contribution in [3.8, 4) is 0 Å². The molecule has 2 fully saturated rings. The molecule has 0 radical (unpaired) electrons. The number of hydrogen-bond acceptors (Lipinski definition) is 5. The molecule has 5 rings (SSSR count). The van der Waals surface area contributed by atoms with Crippen molar-refractivity contribution in [2.24, 2.45) is 5.92 Å². The van der Waals surface area contributed by atoms with E-state index in [4.69, 9.17) is 0 Å². The lowest BCUT2D eigenvalue weighted by Crippen LogP contribution is -2.47. The molecule has 180 valence electrons. The molecule has 1 atom stereocenters. The number of fused-ring (bicyclic) bond motifs is 1. The van der Waals surface area contributed by atoms with E-state index in [1.165, 1.54) is 17.2 Å². The van der Waals surface area contributed by atoms with Crippen LogP contribution in [0, 0.1) is 17.6 Å². The fourth-order valence-corrected chi connectivity index (χ4v) is 5.41. The number of hydrogen-bond donors (Lipinski definition) is 3. The van der Waals surface area contributed by atoms with Gasteiger partial charge in [-0.15, -0.1) is 0 Å². The molecular formula is C26H30F2N4O2. The lowest BCUT2D eigenvalue weighted by molar-refractivity contribution is -0.133. The summed E-state index contributed by atoms with van der Waals surface area (Å²) in [4.78, 5) is 25.3. The molecule has 2 amide bonds. The highest BCUT2D eigenvalue weighted by Gasteiger charge is 2.27. The van der Waals surface area contributed by atoms with Crippen molar-refractivity contribution in [2.75, 3.05) is 29.9 Å². The Labute approximate surface area is 198 Å². The van der Waals surface area contributed by atoms with Gasteiger partial charge in [0.1, 0.15) is 17.7 Å². The second-order valence-electron chi connectivity index (χ2n) is 9.54. The molecule has 0 bridgehead atoms. The summed E-state index contributed by atoms with van der Waals surface area (Å²) >= 11 is 0. The van der Waals surface area contributed by atoms with Gasteiger partial charge in [0.05, 0.1) is 5.69 Å². The van der Waals surface area contributed by atoms with Gasteiger partial charge in [0.2, 0.25) is 11.8 Å². The first kappa shape index (κ1) is 22.8. The smallest absolute Gasteiger partial charge is 0.249 e. The molecule has 2 aromatic carbocycles. The lowest BCUT2D eigenvalue weighted by Gasteiger charge is -2.34. The van der Waals surface area contributed by atoms with Crippen molar-refractivity contribution in [1.82, 2.24) is 10.6 Å². The maximum absolute atomic E-state index is 14.9. The standard InChI is InChI=1S/C26H30F2N4O2/c27-21-3-1-17(19-7-10-29-15-20(19)21)13-16-8-11-32(12-9-16)24-5-2-18(14-22(24)28)30-23-4-6-25(33)31-26(23)34/h1-3,5,14,16,23,29-30H,4,6-13,15H2,(H,31,33,34). The Balaban J connectivity index is 1.19. The van der Waals surface area contributed by atoms with Crippen LogP contribution in [-0.4, -0.2) is 37.5 Å². The monoisotopic (exact) mass is 468 g/mol. The zero-order chi connectivity index (χ0) is 23.7. The summed E-state index contributed by atoms with van der Waals surface area (Å²) in [7, 11) is 0. The number of piperidine rings is 2. The topological polar surface area (TPSA) is 73.5 Å². The maximum atomic E-state index is 14.9. The van der Waals surface area contributed by atoms with Gasteiger partial charge in [-0.3, -0.25) is 14.9 Å². The van der Waals surface area contributed by atoms with Crippen LogP contribution >= 0.6 is 0 Å². The first-order valence-electron chi connectivity index (χ1n) is 12.1. The number of benzene rings is 2. The highest BCUT2D eigenvalue weighted by Crippen LogP contribution is 2.31. The second kappa shape index (κ2) is 9.70. The van der Waals surface area contributed by atoms with Gasteiger partial charge in [-0.2, -0.15) is 0 Å². The van der Waals surface area contributed by atoms with Crippen molar-refractivity contribution in [1.29, 1.82) is 0 Å². The summed E-state index contributed by atoms with van der Waals surface area (Å²) in [6.07, 6.45) is 4.39. The molecule has 6 nitrogen and oxygen atoms in total. The first-order valence-corrected chi connectivity index (χ1v) is 12.1. The van der Waals surface area contributed by atoms with E-state index < -0.39 is 6.04 Å². The number of rotatable bonds is 5. The molecule has 2 aromatic rings. The van der Waals surface area contributed by atoms with Crippen LogP contribution in [0.1, 0.15) is 42.4 Å². The van der Waals surface area contributed by atoms with Gasteiger partial charge in [0, 0.05) is 37.3 Å². The number of amides is 2. The third-order valence-corrected chi connectivity index (χ3v) is 7.32. The largest absolute Gasteiger partial charge is 0.374 e. The van der Waals surface area contributed by atoms with Crippen molar-refractivity contribution in [2.45, 2.75) is 51.1 Å². The molecule has 0 spiro atoms. The average Bonchev–Trinajstić information content (AvgIpc) is 2.84. The maximum Gasteiger partial charge on any atom is 0.249 e. The third-order valence-electron chi connectivity index (χ3n) is 7.32. The highest BCUT2D eigenvalue weighted by atomic mass is 19.1. The second-order valence-corrected chi connectivity index (χ2v) is 9.54. The molecule has 1 unspecified atom stereocenters. The van der Waals surface area contributed by atoms with Crippen LogP contribution in [0.15, 0.2) is 30.3 Å². The summed E-state index contributed by atoms with van der Waals surface area (Å²) in [6.45, 7) is 3.02. The summed E-state index contributed by atoms with van der Waals surface area (Å²) in [5.74, 6) is -0.592. The number of anilines is 2. The molecule has 3 aliphatic heterocycles. The fourth-order valence-electron chi connectivity index (χ4n) is 5.41. The normalized spacial score (nSPS) is 21.2. The van der Waals surface area contributed by atoms with E-state index in [1.54, 1.807) is 18.2 Å². The highest BCUT2D eigenvalue weighted by molar-refractivity contribution is 6.01. The van der Waals surface area contributed by atoms with E-state index in [0.29, 0.717) is 30.3 Å². The van der Waals surface area contributed by atoms with Gasteiger partial charge in [-0.25, -0.2) is 8.78 Å². The predicted octanol–water partition coefficient (Wildman–Crippen LogP) is 3.29. The van der Waals surface area contributed by atoms with Crippen LogP contribution in [0.4, 0.5) is 20.2 Å². The van der Waals surface area contributed by atoms with E-state index in [0.717, 1.165) is 50.9 Å². The van der Waals surface area contributed by atoms with Gasteiger partial charge < -0.3 is 15.5 Å². The van der Waals surface area contributed by atoms with Gasteiger partial charge >= 0.3 is 0 Å². The van der Waals surface area contributed by atoms with Gasteiger partial charge in [-0.1, -0.05) is 6.07 Å². The van der Waals surface area contributed by atoms with Crippen LogP contribution < -0.4 is 20.9 Å². The number of carbonyl (C=O) groups excluding carboxylic acids is 2. The molecule has 3 N–H and O–H groups in total. The minimum absolute atomic E-state index is 0.119. The average molecular weight is 469 g/mol. The fraction of sp³-hybridized carbons (Fsp3) is 0.462. The van der Waals surface area contributed by atoms with Gasteiger partial charge in [0.15, 0.2) is 0 Å². The van der Waals surface area contributed by atoms with Crippen molar-refractivity contribution < 1.29 is 18.4 Å². The van der Waals surface area contributed by atoms with E-state index in [-0.39, 0.29) is 29.9 Å². The van der Waals surface area contributed by atoms with Crippen LogP contribution in [0.25, 0.3) is 0 Å². The van der Waals surface area contributed by atoms with Crippen LogP contribution in [0.3, 0.4) is 0 Å². The lowest BCUT2D eigenvalue weighted by atomic mass is 9.85. The Morgan fingerprint density at radius 2 is 1.79 bits per heavy atom. The Hall–Kier alpha value is -3.00. The Morgan fingerprint density at radius 3 is 2.56 bits per heavy atom. The molecule has 0 saturated carbocycles. The number of halogens is 2. The third kappa shape index (κ3) is 4.78. The summed E-state index contributed by atoms with van der Waals surface area (Å²) < 4.78 is 29.1. The van der Waals surface area contributed by atoms with Gasteiger partial charge in [0.25, 0.3) is 0 Å². The molecule has 3 heterocycles. The molecule has 8 heteroatoms.